The van der Waals surface area contributed by atoms with Gasteiger partial charge < -0.3 is 5.11 Å². The summed E-state index contributed by atoms with van der Waals surface area (Å²) in [6.07, 6.45) is 6.16. The zero-order valence-corrected chi connectivity index (χ0v) is 9.79. The Balaban J connectivity index is 2.13. The lowest BCUT2D eigenvalue weighted by Gasteiger charge is -2.45. The van der Waals surface area contributed by atoms with Crippen molar-refractivity contribution in [2.75, 3.05) is 0 Å². The van der Waals surface area contributed by atoms with E-state index in [9.17, 15) is 5.11 Å². The summed E-state index contributed by atoms with van der Waals surface area (Å²) >= 11 is 0. The summed E-state index contributed by atoms with van der Waals surface area (Å²) in [6.45, 7) is 6.84. The molecular weight excluding hydrogens is 172 g/mol. The molecule has 2 fully saturated rings. The van der Waals surface area contributed by atoms with Crippen LogP contribution in [0.1, 0.15) is 52.9 Å². The minimum Gasteiger partial charge on any atom is -0.389 e. The normalized spacial score (nSPS) is 44.4. The van der Waals surface area contributed by atoms with E-state index in [0.29, 0.717) is 17.8 Å². The van der Waals surface area contributed by atoms with Crippen molar-refractivity contribution in [1.82, 2.24) is 0 Å². The van der Waals surface area contributed by atoms with Crippen LogP contribution < -0.4 is 0 Å². The van der Waals surface area contributed by atoms with E-state index in [1.54, 1.807) is 0 Å². The largest absolute Gasteiger partial charge is 0.389 e. The average molecular weight is 196 g/mol. The van der Waals surface area contributed by atoms with Crippen LogP contribution in [0.25, 0.3) is 0 Å². The van der Waals surface area contributed by atoms with Gasteiger partial charge in [0, 0.05) is 0 Å². The summed E-state index contributed by atoms with van der Waals surface area (Å²) in [5, 5.41) is 10.8. The van der Waals surface area contributed by atoms with Crippen molar-refractivity contribution in [2.45, 2.75) is 58.5 Å². The maximum absolute atomic E-state index is 10.8. The highest BCUT2D eigenvalue weighted by molar-refractivity contribution is 5.02. The van der Waals surface area contributed by atoms with Crippen LogP contribution in [0.3, 0.4) is 0 Å². The van der Waals surface area contributed by atoms with Crippen LogP contribution in [-0.2, 0) is 0 Å². The van der Waals surface area contributed by atoms with Gasteiger partial charge in [-0.3, -0.25) is 0 Å². The van der Waals surface area contributed by atoms with Gasteiger partial charge in [-0.05, 0) is 49.4 Å². The van der Waals surface area contributed by atoms with Crippen LogP contribution in [0.5, 0.6) is 0 Å². The highest BCUT2D eigenvalue weighted by Crippen LogP contribution is 2.53. The predicted molar refractivity (Wildman–Crippen MR) is 59.0 cm³/mol. The third-order valence-corrected chi connectivity index (χ3v) is 4.38. The summed E-state index contributed by atoms with van der Waals surface area (Å²) in [4.78, 5) is 0. The van der Waals surface area contributed by atoms with Crippen LogP contribution in [0.4, 0.5) is 0 Å². The molecule has 0 heterocycles. The summed E-state index contributed by atoms with van der Waals surface area (Å²) in [7, 11) is 0. The summed E-state index contributed by atoms with van der Waals surface area (Å²) in [5.41, 5.74) is -0.300. The molecule has 0 aromatic rings. The summed E-state index contributed by atoms with van der Waals surface area (Å²) in [6, 6.07) is 0. The Kier molecular flexibility index (Phi) is 2.63. The van der Waals surface area contributed by atoms with E-state index in [4.69, 9.17) is 0 Å². The molecule has 3 unspecified atom stereocenters. The molecule has 14 heavy (non-hydrogen) atoms. The first-order chi connectivity index (χ1) is 6.54. The Bertz CT molecular complexity index is 207. The molecule has 0 bridgehead atoms. The smallest absolute Gasteiger partial charge is 0.0708 e. The Morgan fingerprint density at radius 3 is 2.29 bits per heavy atom. The van der Waals surface area contributed by atoms with Crippen molar-refractivity contribution < 1.29 is 5.11 Å². The molecule has 2 saturated carbocycles. The molecule has 1 nitrogen and oxygen atoms in total. The van der Waals surface area contributed by atoms with Gasteiger partial charge in [0.05, 0.1) is 5.60 Å². The van der Waals surface area contributed by atoms with Gasteiger partial charge in [-0.25, -0.2) is 0 Å². The first-order valence-electron chi connectivity index (χ1n) is 6.26. The van der Waals surface area contributed by atoms with E-state index in [1.807, 2.05) is 0 Å². The minimum absolute atomic E-state index is 0.300. The zero-order chi connectivity index (χ0) is 10.3. The van der Waals surface area contributed by atoms with Crippen LogP contribution in [-0.4, -0.2) is 10.7 Å². The second kappa shape index (κ2) is 3.52. The molecule has 2 rings (SSSR count). The van der Waals surface area contributed by atoms with E-state index in [1.165, 1.54) is 25.7 Å². The first-order valence-corrected chi connectivity index (χ1v) is 6.26. The molecule has 3 atom stereocenters. The fraction of sp³-hybridized carbons (Fsp3) is 1.00. The molecule has 0 aromatic heterocycles. The van der Waals surface area contributed by atoms with Gasteiger partial charge in [0.1, 0.15) is 0 Å². The molecule has 0 aromatic carbocycles. The van der Waals surface area contributed by atoms with Crippen molar-refractivity contribution in [3.8, 4) is 0 Å². The third kappa shape index (κ3) is 1.71. The van der Waals surface area contributed by atoms with Crippen molar-refractivity contribution >= 4 is 0 Å². The predicted octanol–water partition coefficient (Wildman–Crippen LogP) is 3.22. The summed E-state index contributed by atoms with van der Waals surface area (Å²) < 4.78 is 0. The quantitative estimate of drug-likeness (QED) is 0.719. The monoisotopic (exact) mass is 196 g/mol. The average Bonchev–Trinajstić information content (AvgIpc) is 2.84. The van der Waals surface area contributed by atoms with Gasteiger partial charge in [-0.15, -0.1) is 0 Å². The third-order valence-electron chi connectivity index (χ3n) is 4.38. The molecule has 0 amide bonds. The molecule has 2 aliphatic carbocycles. The highest BCUT2D eigenvalue weighted by atomic mass is 16.3. The van der Waals surface area contributed by atoms with Gasteiger partial charge in [0.2, 0.25) is 0 Å². The van der Waals surface area contributed by atoms with E-state index in [0.717, 1.165) is 12.3 Å². The SMILES string of the molecule is CC1CCC(C(C)C)C(O)(C2CC2)C1. The molecule has 1 heteroatoms. The molecule has 82 valence electrons. The van der Waals surface area contributed by atoms with Gasteiger partial charge in [0.15, 0.2) is 0 Å². The standard InChI is InChI=1S/C13H24O/c1-9(2)12-7-4-10(3)8-13(12,14)11-5-6-11/h9-12,14H,4-8H2,1-3H3. The number of rotatable bonds is 2. The maximum atomic E-state index is 10.8. The van der Waals surface area contributed by atoms with Crippen LogP contribution in [0.2, 0.25) is 0 Å². The van der Waals surface area contributed by atoms with Gasteiger partial charge in [0.25, 0.3) is 0 Å². The molecule has 0 aliphatic heterocycles. The van der Waals surface area contributed by atoms with Crippen LogP contribution in [0, 0.1) is 23.7 Å². The van der Waals surface area contributed by atoms with Gasteiger partial charge in [-0.1, -0.05) is 27.2 Å². The van der Waals surface area contributed by atoms with Crippen molar-refractivity contribution in [1.29, 1.82) is 0 Å². The van der Waals surface area contributed by atoms with E-state index >= 15 is 0 Å². The van der Waals surface area contributed by atoms with E-state index in [2.05, 4.69) is 20.8 Å². The zero-order valence-electron chi connectivity index (χ0n) is 9.79. The lowest BCUT2D eigenvalue weighted by atomic mass is 9.65. The van der Waals surface area contributed by atoms with Crippen molar-refractivity contribution in [2.24, 2.45) is 23.7 Å². The number of hydrogen-bond acceptors (Lipinski definition) is 1. The molecule has 1 N–H and O–H groups in total. The summed E-state index contributed by atoms with van der Waals surface area (Å²) in [5.74, 6) is 2.58. The van der Waals surface area contributed by atoms with Crippen LogP contribution in [0.15, 0.2) is 0 Å². The van der Waals surface area contributed by atoms with Crippen molar-refractivity contribution in [3.63, 3.8) is 0 Å². The van der Waals surface area contributed by atoms with E-state index in [-0.39, 0.29) is 5.60 Å². The molecule has 0 spiro atoms. The Labute approximate surface area is 87.9 Å². The maximum Gasteiger partial charge on any atom is 0.0708 e. The van der Waals surface area contributed by atoms with E-state index < -0.39 is 0 Å². The first kappa shape index (κ1) is 10.5. The highest BCUT2D eigenvalue weighted by Gasteiger charge is 2.51. The fourth-order valence-electron chi connectivity index (χ4n) is 3.49. The van der Waals surface area contributed by atoms with Gasteiger partial charge >= 0.3 is 0 Å². The Morgan fingerprint density at radius 1 is 1.14 bits per heavy atom. The number of hydrogen-bond donors (Lipinski definition) is 1. The Morgan fingerprint density at radius 2 is 1.79 bits per heavy atom. The molecule has 0 radical (unpaired) electrons. The lowest BCUT2D eigenvalue weighted by molar-refractivity contribution is -0.0967. The topological polar surface area (TPSA) is 20.2 Å². The second-order valence-corrected chi connectivity index (χ2v) is 6.00. The minimum atomic E-state index is -0.300. The Hall–Kier alpha value is -0.0400. The van der Waals surface area contributed by atoms with Gasteiger partial charge in [-0.2, -0.15) is 0 Å². The lowest BCUT2D eigenvalue weighted by Crippen LogP contribution is -2.47. The molecule has 0 saturated heterocycles. The van der Waals surface area contributed by atoms with Crippen LogP contribution >= 0.6 is 0 Å². The molecular formula is C13H24O. The molecule has 2 aliphatic rings. The number of aliphatic hydroxyl groups is 1. The second-order valence-electron chi connectivity index (χ2n) is 6.00. The fourth-order valence-corrected chi connectivity index (χ4v) is 3.49. The van der Waals surface area contributed by atoms with Crippen molar-refractivity contribution in [3.05, 3.63) is 0 Å².